The van der Waals surface area contributed by atoms with Crippen molar-refractivity contribution in [1.29, 1.82) is 0 Å². The Balaban J connectivity index is 0.00000144. The van der Waals surface area contributed by atoms with Crippen molar-refractivity contribution in [1.82, 2.24) is 0 Å². The summed E-state index contributed by atoms with van der Waals surface area (Å²) in [5.74, 6) is -0.431. The summed E-state index contributed by atoms with van der Waals surface area (Å²) in [7, 11) is 0. The molecule has 0 spiro atoms. The first kappa shape index (κ1) is 12.1. The fourth-order valence-corrected chi connectivity index (χ4v) is 1.34. The van der Waals surface area contributed by atoms with Crippen LogP contribution in [0, 0.1) is 0 Å². The van der Waals surface area contributed by atoms with Crippen LogP contribution in [-0.2, 0) is 9.53 Å². The van der Waals surface area contributed by atoms with Gasteiger partial charge in [0, 0.05) is 0 Å². The highest BCUT2D eigenvalue weighted by Crippen LogP contribution is 2.20. The third kappa shape index (κ3) is 4.62. The highest BCUT2D eigenvalue weighted by Gasteiger charge is 2.17. The molecule has 1 fully saturated rings. The SMILES string of the molecule is Cl.NC(N)=CC(=O)OC1CCCC1. The number of nitrogens with two attached hydrogens (primary N) is 2. The van der Waals surface area contributed by atoms with Gasteiger partial charge in [-0.05, 0) is 25.7 Å². The maximum atomic E-state index is 11.0. The van der Waals surface area contributed by atoms with E-state index >= 15 is 0 Å². The summed E-state index contributed by atoms with van der Waals surface area (Å²) in [6.07, 6.45) is 5.39. The molecule has 5 heteroatoms. The quantitative estimate of drug-likeness (QED) is 0.514. The minimum Gasteiger partial charge on any atom is -0.459 e. The summed E-state index contributed by atoms with van der Waals surface area (Å²) in [6.45, 7) is 0. The third-order valence-electron chi connectivity index (χ3n) is 1.87. The summed E-state index contributed by atoms with van der Waals surface area (Å²) in [4.78, 5) is 11.0. The van der Waals surface area contributed by atoms with Gasteiger partial charge in [0.05, 0.1) is 6.08 Å². The van der Waals surface area contributed by atoms with Crippen LogP contribution in [0.1, 0.15) is 25.7 Å². The Bertz CT molecular complexity index is 196. The van der Waals surface area contributed by atoms with Crippen molar-refractivity contribution in [3.63, 3.8) is 0 Å². The maximum Gasteiger partial charge on any atom is 0.334 e. The van der Waals surface area contributed by atoms with Gasteiger partial charge < -0.3 is 16.2 Å². The first-order valence-electron chi connectivity index (χ1n) is 4.12. The molecule has 0 aliphatic heterocycles. The van der Waals surface area contributed by atoms with Gasteiger partial charge in [-0.1, -0.05) is 0 Å². The number of carbonyl (C=O) groups excluding carboxylic acids is 1. The Morgan fingerprint density at radius 3 is 2.31 bits per heavy atom. The van der Waals surface area contributed by atoms with Crippen molar-refractivity contribution < 1.29 is 9.53 Å². The van der Waals surface area contributed by atoms with Gasteiger partial charge >= 0.3 is 5.97 Å². The number of hydrogen-bond acceptors (Lipinski definition) is 4. The van der Waals surface area contributed by atoms with Crippen LogP contribution >= 0.6 is 12.4 Å². The van der Waals surface area contributed by atoms with Crippen LogP contribution in [0.4, 0.5) is 0 Å². The number of carbonyl (C=O) groups is 1. The van der Waals surface area contributed by atoms with E-state index in [0.717, 1.165) is 31.8 Å². The zero-order chi connectivity index (χ0) is 8.97. The molecule has 0 atom stereocenters. The summed E-state index contributed by atoms with van der Waals surface area (Å²) in [6, 6.07) is 0. The Morgan fingerprint density at radius 2 is 1.85 bits per heavy atom. The van der Waals surface area contributed by atoms with E-state index in [0.29, 0.717) is 0 Å². The molecule has 4 N–H and O–H groups in total. The van der Waals surface area contributed by atoms with Gasteiger partial charge in [-0.3, -0.25) is 0 Å². The van der Waals surface area contributed by atoms with E-state index < -0.39 is 5.97 Å². The molecule has 1 rings (SSSR count). The number of ether oxygens (including phenoxy) is 1. The Hall–Kier alpha value is -0.900. The lowest BCUT2D eigenvalue weighted by molar-refractivity contribution is -0.142. The molecule has 0 bridgehead atoms. The monoisotopic (exact) mass is 206 g/mol. The third-order valence-corrected chi connectivity index (χ3v) is 1.87. The van der Waals surface area contributed by atoms with Crippen LogP contribution < -0.4 is 11.5 Å². The van der Waals surface area contributed by atoms with Crippen LogP contribution in [0.5, 0.6) is 0 Å². The molecule has 0 saturated heterocycles. The summed E-state index contributed by atoms with van der Waals surface area (Å²) < 4.78 is 5.05. The van der Waals surface area contributed by atoms with Crippen molar-refractivity contribution >= 4 is 18.4 Å². The fraction of sp³-hybridized carbons (Fsp3) is 0.625. The van der Waals surface area contributed by atoms with Crippen LogP contribution in [0.2, 0.25) is 0 Å². The zero-order valence-corrected chi connectivity index (χ0v) is 8.18. The standard InChI is InChI=1S/C8H14N2O2.ClH/c9-7(10)5-8(11)12-6-3-1-2-4-6;/h5-6H,1-4,9-10H2;1H. The minimum absolute atomic E-state index is 0. The van der Waals surface area contributed by atoms with Crippen LogP contribution in [0.25, 0.3) is 0 Å². The van der Waals surface area contributed by atoms with Crippen molar-refractivity contribution in [3.8, 4) is 0 Å². The molecule has 0 unspecified atom stereocenters. The largest absolute Gasteiger partial charge is 0.459 e. The van der Waals surface area contributed by atoms with E-state index in [1.807, 2.05) is 0 Å². The lowest BCUT2D eigenvalue weighted by Gasteiger charge is -2.08. The van der Waals surface area contributed by atoms with Crippen molar-refractivity contribution in [2.75, 3.05) is 0 Å². The molecule has 0 aromatic carbocycles. The predicted molar refractivity (Wildman–Crippen MR) is 52.1 cm³/mol. The zero-order valence-electron chi connectivity index (χ0n) is 7.36. The lowest BCUT2D eigenvalue weighted by Crippen LogP contribution is -2.16. The molecule has 1 aliphatic carbocycles. The molecule has 1 saturated carbocycles. The van der Waals surface area contributed by atoms with Gasteiger partial charge in [-0.15, -0.1) is 12.4 Å². The van der Waals surface area contributed by atoms with Gasteiger partial charge in [-0.25, -0.2) is 4.79 Å². The highest BCUT2D eigenvalue weighted by molar-refractivity contribution is 5.85. The van der Waals surface area contributed by atoms with Crippen LogP contribution in [0.3, 0.4) is 0 Å². The fourth-order valence-electron chi connectivity index (χ4n) is 1.34. The number of rotatable bonds is 2. The predicted octanol–water partition coefficient (Wildman–Crippen LogP) is 0.653. The van der Waals surface area contributed by atoms with E-state index in [4.69, 9.17) is 16.2 Å². The molecule has 0 aromatic rings. The van der Waals surface area contributed by atoms with E-state index in [1.54, 1.807) is 0 Å². The number of hydrogen-bond donors (Lipinski definition) is 2. The van der Waals surface area contributed by atoms with Gasteiger partial charge in [0.1, 0.15) is 11.9 Å². The van der Waals surface area contributed by atoms with Crippen LogP contribution in [0.15, 0.2) is 11.9 Å². The Kier molecular flexibility index (Phi) is 5.30. The molecule has 76 valence electrons. The number of halogens is 1. The molecule has 13 heavy (non-hydrogen) atoms. The van der Waals surface area contributed by atoms with E-state index in [2.05, 4.69) is 0 Å². The molecule has 0 aromatic heterocycles. The van der Waals surface area contributed by atoms with Crippen LogP contribution in [-0.4, -0.2) is 12.1 Å². The maximum absolute atomic E-state index is 11.0. The molecular weight excluding hydrogens is 192 g/mol. The first-order chi connectivity index (χ1) is 5.68. The van der Waals surface area contributed by atoms with Crippen molar-refractivity contribution in [2.24, 2.45) is 11.5 Å². The summed E-state index contributed by atoms with van der Waals surface area (Å²) in [5, 5.41) is 0. The lowest BCUT2D eigenvalue weighted by atomic mass is 10.3. The second-order valence-electron chi connectivity index (χ2n) is 2.99. The Morgan fingerprint density at radius 1 is 1.31 bits per heavy atom. The van der Waals surface area contributed by atoms with Gasteiger partial charge in [0.2, 0.25) is 0 Å². The minimum atomic E-state index is -0.429. The molecule has 1 aliphatic rings. The van der Waals surface area contributed by atoms with Gasteiger partial charge in [0.25, 0.3) is 0 Å². The molecule has 0 heterocycles. The van der Waals surface area contributed by atoms with E-state index in [1.165, 1.54) is 0 Å². The Labute approximate surface area is 83.7 Å². The average molecular weight is 207 g/mol. The van der Waals surface area contributed by atoms with Crippen molar-refractivity contribution in [2.45, 2.75) is 31.8 Å². The highest BCUT2D eigenvalue weighted by atomic mass is 35.5. The molecule has 0 amide bonds. The van der Waals surface area contributed by atoms with Gasteiger partial charge in [-0.2, -0.15) is 0 Å². The van der Waals surface area contributed by atoms with Crippen molar-refractivity contribution in [3.05, 3.63) is 11.9 Å². The molecular formula is C8H15ClN2O2. The summed E-state index contributed by atoms with van der Waals surface area (Å²) in [5.41, 5.74) is 10.2. The normalized spacial score (nSPS) is 16.0. The van der Waals surface area contributed by atoms with E-state index in [-0.39, 0.29) is 24.3 Å². The van der Waals surface area contributed by atoms with E-state index in [9.17, 15) is 4.79 Å². The summed E-state index contributed by atoms with van der Waals surface area (Å²) >= 11 is 0. The average Bonchev–Trinajstić information content (AvgIpc) is 2.37. The molecule has 0 radical (unpaired) electrons. The topological polar surface area (TPSA) is 78.3 Å². The molecule has 4 nitrogen and oxygen atoms in total. The number of esters is 1. The second-order valence-corrected chi connectivity index (χ2v) is 2.99. The van der Waals surface area contributed by atoms with Gasteiger partial charge in [0.15, 0.2) is 0 Å². The second kappa shape index (κ2) is 5.70. The first-order valence-corrected chi connectivity index (χ1v) is 4.12. The smallest absolute Gasteiger partial charge is 0.334 e.